The summed E-state index contributed by atoms with van der Waals surface area (Å²) in [6.45, 7) is 1.01. The Morgan fingerprint density at radius 3 is 2.24 bits per heavy atom. The highest BCUT2D eigenvalue weighted by Crippen LogP contribution is 2.31. The zero-order valence-electron chi connectivity index (χ0n) is 13.2. The SMILES string of the molecule is CC1=C(C(=O)O)C(N)=C(C(=O)OCc2ccccc2)C(=O)C1C(=O)O. The van der Waals surface area contributed by atoms with Crippen molar-refractivity contribution in [2.45, 2.75) is 13.5 Å². The maximum absolute atomic E-state index is 12.4. The lowest BCUT2D eigenvalue weighted by molar-refractivity contribution is -0.145. The van der Waals surface area contributed by atoms with Crippen molar-refractivity contribution in [3.8, 4) is 0 Å². The second-order valence-electron chi connectivity index (χ2n) is 5.35. The average molecular weight is 345 g/mol. The van der Waals surface area contributed by atoms with E-state index >= 15 is 0 Å². The Labute approximate surface area is 142 Å². The van der Waals surface area contributed by atoms with E-state index in [2.05, 4.69) is 0 Å². The standard InChI is InChI=1S/C17H15NO7/c1-8-10(15(20)21)13(18)12(14(19)11(8)16(22)23)17(24)25-7-9-5-3-2-4-6-9/h2-6,11H,7,18H2,1H3,(H,20,21)(H,22,23). The van der Waals surface area contributed by atoms with Gasteiger partial charge in [-0.1, -0.05) is 30.3 Å². The van der Waals surface area contributed by atoms with E-state index in [1.54, 1.807) is 30.3 Å². The van der Waals surface area contributed by atoms with Crippen LogP contribution >= 0.6 is 0 Å². The van der Waals surface area contributed by atoms with Gasteiger partial charge in [0, 0.05) is 0 Å². The van der Waals surface area contributed by atoms with Crippen LogP contribution in [-0.4, -0.2) is 33.9 Å². The third-order valence-corrected chi connectivity index (χ3v) is 3.75. The summed E-state index contributed by atoms with van der Waals surface area (Å²) in [6, 6.07) is 8.57. The Kier molecular flexibility index (Phi) is 5.02. The molecular formula is C17H15NO7. The molecule has 0 spiro atoms. The van der Waals surface area contributed by atoms with Gasteiger partial charge < -0.3 is 20.7 Å². The van der Waals surface area contributed by atoms with Crippen LogP contribution in [-0.2, 0) is 30.5 Å². The maximum Gasteiger partial charge on any atom is 0.344 e. The zero-order chi connectivity index (χ0) is 18.7. The summed E-state index contributed by atoms with van der Waals surface area (Å²) in [4.78, 5) is 47.3. The number of carboxylic acid groups (broad SMARTS) is 2. The van der Waals surface area contributed by atoms with Crippen LogP contribution < -0.4 is 5.73 Å². The normalized spacial score (nSPS) is 17.5. The molecule has 0 fully saturated rings. The molecule has 1 aliphatic carbocycles. The number of hydrogen-bond acceptors (Lipinski definition) is 6. The van der Waals surface area contributed by atoms with Gasteiger partial charge in [-0.15, -0.1) is 0 Å². The van der Waals surface area contributed by atoms with Crippen LogP contribution in [0.4, 0.5) is 0 Å². The molecule has 0 saturated heterocycles. The molecule has 1 aromatic carbocycles. The van der Waals surface area contributed by atoms with Crippen LogP contribution in [0.15, 0.2) is 52.7 Å². The molecule has 130 valence electrons. The van der Waals surface area contributed by atoms with E-state index < -0.39 is 46.5 Å². The number of esters is 1. The van der Waals surface area contributed by atoms with E-state index in [1.165, 1.54) is 6.92 Å². The monoisotopic (exact) mass is 345 g/mol. The third kappa shape index (κ3) is 3.42. The summed E-state index contributed by atoms with van der Waals surface area (Å²) >= 11 is 0. The van der Waals surface area contributed by atoms with Gasteiger partial charge in [-0.3, -0.25) is 9.59 Å². The second-order valence-corrected chi connectivity index (χ2v) is 5.35. The summed E-state index contributed by atoms with van der Waals surface area (Å²) in [5, 5.41) is 18.5. The molecule has 0 radical (unpaired) electrons. The van der Waals surface area contributed by atoms with Gasteiger partial charge in [0.15, 0.2) is 5.78 Å². The van der Waals surface area contributed by atoms with Crippen molar-refractivity contribution in [3.63, 3.8) is 0 Å². The molecule has 0 aromatic heterocycles. The van der Waals surface area contributed by atoms with E-state index in [4.69, 9.17) is 10.5 Å². The van der Waals surface area contributed by atoms with Crippen molar-refractivity contribution in [1.29, 1.82) is 0 Å². The summed E-state index contributed by atoms with van der Waals surface area (Å²) in [7, 11) is 0. The summed E-state index contributed by atoms with van der Waals surface area (Å²) < 4.78 is 4.99. The van der Waals surface area contributed by atoms with Gasteiger partial charge in [0.2, 0.25) is 0 Å². The minimum absolute atomic E-state index is 0.174. The van der Waals surface area contributed by atoms with E-state index in [0.29, 0.717) is 5.56 Å². The molecule has 25 heavy (non-hydrogen) atoms. The van der Waals surface area contributed by atoms with E-state index in [-0.39, 0.29) is 12.2 Å². The van der Waals surface area contributed by atoms with Crippen LogP contribution in [0, 0.1) is 5.92 Å². The fourth-order valence-electron chi connectivity index (χ4n) is 2.54. The molecule has 1 unspecified atom stereocenters. The lowest BCUT2D eigenvalue weighted by atomic mass is 9.80. The number of carbonyl (C=O) groups excluding carboxylic acids is 2. The predicted octanol–water partition coefficient (Wildman–Crippen LogP) is 0.627. The van der Waals surface area contributed by atoms with Crippen LogP contribution in [0.1, 0.15) is 12.5 Å². The predicted molar refractivity (Wildman–Crippen MR) is 83.9 cm³/mol. The van der Waals surface area contributed by atoms with Gasteiger partial charge >= 0.3 is 17.9 Å². The summed E-state index contributed by atoms with van der Waals surface area (Å²) in [5.74, 6) is -7.14. The first-order chi connectivity index (χ1) is 11.8. The van der Waals surface area contributed by atoms with Crippen molar-refractivity contribution in [3.05, 3.63) is 58.3 Å². The average Bonchev–Trinajstić information content (AvgIpc) is 2.53. The van der Waals surface area contributed by atoms with Crippen LogP contribution in [0.25, 0.3) is 0 Å². The quantitative estimate of drug-likeness (QED) is 0.400. The Bertz CT molecular complexity index is 821. The topological polar surface area (TPSA) is 144 Å². The van der Waals surface area contributed by atoms with Gasteiger partial charge in [0.25, 0.3) is 0 Å². The van der Waals surface area contributed by atoms with Gasteiger partial charge in [-0.2, -0.15) is 0 Å². The zero-order valence-corrected chi connectivity index (χ0v) is 13.2. The number of rotatable bonds is 5. The Morgan fingerprint density at radius 1 is 1.12 bits per heavy atom. The molecule has 1 aliphatic rings. The molecule has 0 saturated carbocycles. The van der Waals surface area contributed by atoms with E-state index in [0.717, 1.165) is 0 Å². The van der Waals surface area contributed by atoms with Gasteiger partial charge in [0.1, 0.15) is 18.1 Å². The number of ether oxygens (including phenoxy) is 1. The molecule has 0 amide bonds. The minimum atomic E-state index is -1.79. The molecular weight excluding hydrogens is 330 g/mol. The number of nitrogens with two attached hydrogens (primary N) is 1. The highest BCUT2D eigenvalue weighted by Gasteiger charge is 2.43. The first kappa shape index (κ1) is 17.9. The maximum atomic E-state index is 12.4. The number of carboxylic acids is 2. The lowest BCUT2D eigenvalue weighted by Crippen LogP contribution is -2.37. The highest BCUT2D eigenvalue weighted by atomic mass is 16.5. The smallest absolute Gasteiger partial charge is 0.344 e. The van der Waals surface area contributed by atoms with Crippen molar-refractivity contribution < 1.29 is 34.1 Å². The third-order valence-electron chi connectivity index (χ3n) is 3.75. The molecule has 8 heteroatoms. The Morgan fingerprint density at radius 2 is 1.72 bits per heavy atom. The van der Waals surface area contributed by atoms with Gasteiger partial charge in [-0.05, 0) is 18.1 Å². The lowest BCUT2D eigenvalue weighted by Gasteiger charge is -2.23. The first-order valence-electron chi connectivity index (χ1n) is 7.18. The fourth-order valence-corrected chi connectivity index (χ4v) is 2.54. The summed E-state index contributed by atoms with van der Waals surface area (Å²) in [5.41, 5.74) is 4.15. The fraction of sp³-hybridized carbons (Fsp3) is 0.176. The van der Waals surface area contributed by atoms with Gasteiger partial charge in [-0.25, -0.2) is 9.59 Å². The first-order valence-corrected chi connectivity index (χ1v) is 7.18. The van der Waals surface area contributed by atoms with Crippen molar-refractivity contribution in [1.82, 2.24) is 0 Å². The largest absolute Gasteiger partial charge is 0.480 e. The number of benzene rings is 1. The molecule has 1 aromatic rings. The van der Waals surface area contributed by atoms with E-state index in [9.17, 15) is 29.4 Å². The Balaban J connectivity index is 2.39. The van der Waals surface area contributed by atoms with Crippen molar-refractivity contribution in [2.24, 2.45) is 11.7 Å². The van der Waals surface area contributed by atoms with Crippen LogP contribution in [0.5, 0.6) is 0 Å². The molecule has 4 N–H and O–H groups in total. The molecule has 0 heterocycles. The minimum Gasteiger partial charge on any atom is -0.480 e. The van der Waals surface area contributed by atoms with E-state index in [1.807, 2.05) is 0 Å². The number of aliphatic carboxylic acids is 2. The number of carbonyl (C=O) groups is 4. The summed E-state index contributed by atoms with van der Waals surface area (Å²) in [6.07, 6.45) is 0. The molecule has 0 aliphatic heterocycles. The Hall–Kier alpha value is -3.42. The second kappa shape index (κ2) is 7.00. The molecule has 0 bridgehead atoms. The van der Waals surface area contributed by atoms with Gasteiger partial charge in [0.05, 0.1) is 11.3 Å². The molecule has 2 rings (SSSR count). The van der Waals surface area contributed by atoms with Crippen molar-refractivity contribution in [2.75, 3.05) is 0 Å². The molecule has 8 nitrogen and oxygen atoms in total. The highest BCUT2D eigenvalue weighted by molar-refractivity contribution is 6.26. The number of hydrogen-bond donors (Lipinski definition) is 3. The number of ketones is 1. The van der Waals surface area contributed by atoms with Crippen LogP contribution in [0.3, 0.4) is 0 Å². The number of Topliss-reactive ketones (excluding diaryl/α,β-unsaturated/α-hetero) is 1. The van der Waals surface area contributed by atoms with Crippen LogP contribution in [0.2, 0.25) is 0 Å². The van der Waals surface area contributed by atoms with Crippen molar-refractivity contribution >= 4 is 23.7 Å². The molecule has 1 atom stereocenters.